The number of hydrogen-bond acceptors (Lipinski definition) is 3. The van der Waals surface area contributed by atoms with Gasteiger partial charge in [-0.1, -0.05) is 19.9 Å². The first kappa shape index (κ1) is 14.3. The number of urea groups is 1. The van der Waals surface area contributed by atoms with Crippen molar-refractivity contribution in [3.05, 3.63) is 24.4 Å². The van der Waals surface area contributed by atoms with Crippen molar-refractivity contribution >= 4 is 11.8 Å². The molecule has 1 aromatic heterocycles. The molecule has 18 heavy (non-hydrogen) atoms. The molecule has 100 valence electrons. The molecule has 1 unspecified atom stereocenters. The van der Waals surface area contributed by atoms with Crippen LogP contribution in [0.4, 0.5) is 10.6 Å². The van der Waals surface area contributed by atoms with Crippen LogP contribution in [0.3, 0.4) is 0 Å². The minimum atomic E-state index is -0.118. The number of anilines is 1. The van der Waals surface area contributed by atoms with Crippen LogP contribution in [-0.4, -0.2) is 37.2 Å². The predicted molar refractivity (Wildman–Crippen MR) is 73.8 cm³/mol. The molecule has 2 N–H and O–H groups in total. The van der Waals surface area contributed by atoms with E-state index in [1.807, 2.05) is 32.0 Å². The van der Waals surface area contributed by atoms with Gasteiger partial charge in [-0.3, -0.25) is 0 Å². The molecule has 2 heterocycles. The number of aromatic nitrogens is 1. The monoisotopic (exact) mass is 250 g/mol. The van der Waals surface area contributed by atoms with Crippen molar-refractivity contribution in [1.82, 2.24) is 15.6 Å². The van der Waals surface area contributed by atoms with Crippen molar-refractivity contribution in [2.45, 2.75) is 26.3 Å². The number of carbonyl (C=O) groups is 1. The Morgan fingerprint density at radius 1 is 1.44 bits per heavy atom. The molecule has 1 aliphatic heterocycles. The first-order valence-corrected chi connectivity index (χ1v) is 6.44. The van der Waals surface area contributed by atoms with E-state index >= 15 is 0 Å². The van der Waals surface area contributed by atoms with Crippen LogP contribution in [0.25, 0.3) is 0 Å². The molecule has 0 spiro atoms. The van der Waals surface area contributed by atoms with E-state index in [2.05, 4.69) is 20.5 Å². The second-order valence-corrected chi connectivity index (χ2v) is 3.84. The van der Waals surface area contributed by atoms with Crippen LogP contribution in [0.5, 0.6) is 0 Å². The summed E-state index contributed by atoms with van der Waals surface area (Å²) in [7, 11) is 1.63. The normalized spacial score (nSPS) is 17.7. The molecule has 0 radical (unpaired) electrons. The molecular formula is C13H22N4O. The fourth-order valence-corrected chi connectivity index (χ4v) is 1.88. The van der Waals surface area contributed by atoms with Gasteiger partial charge in [-0.25, -0.2) is 9.78 Å². The zero-order valence-corrected chi connectivity index (χ0v) is 11.3. The summed E-state index contributed by atoms with van der Waals surface area (Å²) in [5.41, 5.74) is 0. The Kier molecular flexibility index (Phi) is 5.97. The van der Waals surface area contributed by atoms with Crippen LogP contribution < -0.4 is 15.5 Å². The number of hydrogen-bond donors (Lipinski definition) is 2. The van der Waals surface area contributed by atoms with Gasteiger partial charge < -0.3 is 15.5 Å². The quantitative estimate of drug-likeness (QED) is 0.838. The van der Waals surface area contributed by atoms with Crippen LogP contribution in [0.15, 0.2) is 24.4 Å². The molecular weight excluding hydrogens is 228 g/mol. The zero-order valence-electron chi connectivity index (χ0n) is 11.3. The molecule has 5 heteroatoms. The Morgan fingerprint density at radius 3 is 2.83 bits per heavy atom. The Bertz CT molecular complexity index is 355. The third-order valence-electron chi connectivity index (χ3n) is 2.72. The summed E-state index contributed by atoms with van der Waals surface area (Å²) in [5.74, 6) is 0.976. The van der Waals surface area contributed by atoms with E-state index < -0.39 is 0 Å². The first-order chi connectivity index (χ1) is 8.79. The second-order valence-electron chi connectivity index (χ2n) is 3.84. The average Bonchev–Trinajstić information content (AvgIpc) is 2.90. The molecule has 1 atom stereocenters. The second kappa shape index (κ2) is 7.53. The predicted octanol–water partition coefficient (Wildman–Crippen LogP) is 1.62. The fourth-order valence-electron chi connectivity index (χ4n) is 1.88. The standard InChI is InChI=1S/C11H16N4O.C2H6/c1-12-11(16)14-9-5-7-15(8-9)10-4-2-3-6-13-10;1-2/h2-4,6,9H,5,7-8H2,1H3,(H2,12,14,16);1-2H3. The Balaban J connectivity index is 0.000000771. The lowest BCUT2D eigenvalue weighted by Crippen LogP contribution is -2.42. The number of pyridine rings is 1. The highest BCUT2D eigenvalue weighted by Crippen LogP contribution is 2.16. The maximum Gasteiger partial charge on any atom is 0.314 e. The maximum absolute atomic E-state index is 11.2. The van der Waals surface area contributed by atoms with Crippen LogP contribution in [0.1, 0.15) is 20.3 Å². The summed E-state index contributed by atoms with van der Waals surface area (Å²) < 4.78 is 0. The highest BCUT2D eigenvalue weighted by atomic mass is 16.2. The lowest BCUT2D eigenvalue weighted by Gasteiger charge is -2.17. The molecule has 0 bridgehead atoms. The summed E-state index contributed by atoms with van der Waals surface area (Å²) in [5, 5.41) is 5.47. The van der Waals surface area contributed by atoms with Crippen LogP contribution in [0.2, 0.25) is 0 Å². The van der Waals surface area contributed by atoms with Gasteiger partial charge in [0.15, 0.2) is 0 Å². The van der Waals surface area contributed by atoms with Crippen molar-refractivity contribution in [1.29, 1.82) is 0 Å². The minimum Gasteiger partial charge on any atom is -0.354 e. The Labute approximate surface area is 109 Å². The van der Waals surface area contributed by atoms with Gasteiger partial charge in [0.1, 0.15) is 5.82 Å². The van der Waals surface area contributed by atoms with E-state index in [1.165, 1.54) is 0 Å². The van der Waals surface area contributed by atoms with Crippen LogP contribution in [0, 0.1) is 0 Å². The van der Waals surface area contributed by atoms with Gasteiger partial charge in [0.25, 0.3) is 0 Å². The summed E-state index contributed by atoms with van der Waals surface area (Å²) in [6.07, 6.45) is 2.75. The van der Waals surface area contributed by atoms with Crippen LogP contribution in [-0.2, 0) is 0 Å². The Morgan fingerprint density at radius 2 is 2.22 bits per heavy atom. The summed E-state index contributed by atoms with van der Waals surface area (Å²) in [6.45, 7) is 5.76. The molecule has 2 rings (SSSR count). The van der Waals surface area contributed by atoms with E-state index in [9.17, 15) is 4.79 Å². The average molecular weight is 250 g/mol. The highest BCUT2D eigenvalue weighted by molar-refractivity contribution is 5.74. The molecule has 1 saturated heterocycles. The number of rotatable bonds is 2. The van der Waals surface area contributed by atoms with Gasteiger partial charge in [-0.2, -0.15) is 0 Å². The third-order valence-corrected chi connectivity index (χ3v) is 2.72. The largest absolute Gasteiger partial charge is 0.354 e. The first-order valence-electron chi connectivity index (χ1n) is 6.44. The number of nitrogens with one attached hydrogen (secondary N) is 2. The van der Waals surface area contributed by atoms with E-state index in [0.29, 0.717) is 0 Å². The van der Waals surface area contributed by atoms with E-state index in [4.69, 9.17) is 0 Å². The van der Waals surface area contributed by atoms with E-state index in [0.717, 1.165) is 25.3 Å². The highest BCUT2D eigenvalue weighted by Gasteiger charge is 2.24. The molecule has 2 amide bonds. The van der Waals surface area contributed by atoms with Gasteiger partial charge in [-0.05, 0) is 18.6 Å². The third kappa shape index (κ3) is 3.91. The summed E-state index contributed by atoms with van der Waals surface area (Å²) in [6, 6.07) is 5.96. The van der Waals surface area contributed by atoms with Crippen molar-refractivity contribution < 1.29 is 4.79 Å². The molecule has 0 aliphatic carbocycles. The zero-order chi connectivity index (χ0) is 13.4. The molecule has 5 nitrogen and oxygen atoms in total. The van der Waals surface area contributed by atoms with Crippen molar-refractivity contribution in [3.8, 4) is 0 Å². The Hall–Kier alpha value is -1.78. The topological polar surface area (TPSA) is 57.3 Å². The fraction of sp³-hybridized carbons (Fsp3) is 0.538. The molecule has 1 aromatic rings. The maximum atomic E-state index is 11.2. The molecule has 0 saturated carbocycles. The van der Waals surface area contributed by atoms with Gasteiger partial charge in [0.2, 0.25) is 0 Å². The van der Waals surface area contributed by atoms with Gasteiger partial charge >= 0.3 is 6.03 Å². The van der Waals surface area contributed by atoms with Gasteiger partial charge in [0, 0.05) is 32.4 Å². The molecule has 1 fully saturated rings. The summed E-state index contributed by atoms with van der Waals surface area (Å²) in [4.78, 5) is 17.6. The van der Waals surface area contributed by atoms with Gasteiger partial charge in [-0.15, -0.1) is 0 Å². The lowest BCUT2D eigenvalue weighted by atomic mass is 10.3. The molecule has 1 aliphatic rings. The summed E-state index contributed by atoms with van der Waals surface area (Å²) >= 11 is 0. The van der Waals surface area contributed by atoms with E-state index in [-0.39, 0.29) is 12.1 Å². The minimum absolute atomic E-state index is 0.118. The SMILES string of the molecule is CC.CNC(=O)NC1CCN(c2ccccn2)C1. The van der Waals surface area contributed by atoms with Crippen molar-refractivity contribution in [2.75, 3.05) is 25.0 Å². The number of amides is 2. The number of nitrogens with zero attached hydrogens (tertiary/aromatic N) is 2. The van der Waals surface area contributed by atoms with Gasteiger partial charge in [0.05, 0.1) is 0 Å². The number of carbonyl (C=O) groups excluding carboxylic acids is 1. The molecule has 0 aromatic carbocycles. The lowest BCUT2D eigenvalue weighted by molar-refractivity contribution is 0.240. The smallest absolute Gasteiger partial charge is 0.314 e. The van der Waals surface area contributed by atoms with Crippen molar-refractivity contribution in [2.24, 2.45) is 0 Å². The van der Waals surface area contributed by atoms with E-state index in [1.54, 1.807) is 13.2 Å². The van der Waals surface area contributed by atoms with Crippen LogP contribution >= 0.6 is 0 Å². The van der Waals surface area contributed by atoms with Crippen molar-refractivity contribution in [3.63, 3.8) is 0 Å².